The van der Waals surface area contributed by atoms with E-state index in [9.17, 15) is 19.7 Å². The van der Waals surface area contributed by atoms with Crippen molar-refractivity contribution in [1.82, 2.24) is 0 Å². The Bertz CT molecular complexity index is 365. The SMILES string of the molecule is C[C@@H]1/C=C\C[C@@H](F)CS[C@H]2O[C@H]([C@@H]1N)[C@H](O)[C@H](O)[C@H]2O.Cl. The van der Waals surface area contributed by atoms with Gasteiger partial charge in [0.1, 0.15) is 36.0 Å². The Morgan fingerprint density at radius 2 is 1.90 bits per heavy atom. The monoisotopic (exact) mass is 343 g/mol. The molecule has 2 aliphatic rings. The summed E-state index contributed by atoms with van der Waals surface area (Å²) in [6, 6.07) is -0.539. The normalized spacial score (nSPS) is 49.6. The fourth-order valence-electron chi connectivity index (χ4n) is 2.47. The molecule has 0 amide bonds. The molecule has 2 rings (SSSR count). The van der Waals surface area contributed by atoms with Crippen LogP contribution < -0.4 is 5.73 Å². The lowest BCUT2D eigenvalue weighted by Crippen LogP contribution is -2.62. The molecule has 2 bridgehead atoms. The fraction of sp³-hybridized carbons (Fsp3) is 0.846. The van der Waals surface area contributed by atoms with Crippen LogP contribution in [0.2, 0.25) is 0 Å². The lowest BCUT2D eigenvalue weighted by atomic mass is 9.88. The van der Waals surface area contributed by atoms with E-state index in [1.165, 1.54) is 0 Å². The smallest absolute Gasteiger partial charge is 0.132 e. The van der Waals surface area contributed by atoms with Crippen LogP contribution in [0.15, 0.2) is 12.2 Å². The maximum absolute atomic E-state index is 13.7. The third-order valence-corrected chi connectivity index (χ3v) is 5.14. The van der Waals surface area contributed by atoms with Gasteiger partial charge in [-0.2, -0.15) is 0 Å². The number of aliphatic hydroxyl groups excluding tert-OH is 3. The summed E-state index contributed by atoms with van der Waals surface area (Å²) in [4.78, 5) is 0. The molecule has 0 radical (unpaired) electrons. The highest BCUT2D eigenvalue weighted by Gasteiger charge is 2.46. The molecule has 21 heavy (non-hydrogen) atoms. The Morgan fingerprint density at radius 3 is 2.57 bits per heavy atom. The molecular weight excluding hydrogens is 321 g/mol. The molecule has 1 saturated heterocycles. The zero-order chi connectivity index (χ0) is 14.9. The number of hydrogen-bond donors (Lipinski definition) is 4. The van der Waals surface area contributed by atoms with Gasteiger partial charge in [-0.05, 0) is 12.3 Å². The first-order valence-electron chi connectivity index (χ1n) is 6.79. The molecule has 0 saturated carbocycles. The van der Waals surface area contributed by atoms with Gasteiger partial charge in [0.05, 0.1) is 0 Å². The zero-order valence-electron chi connectivity index (χ0n) is 11.7. The molecule has 2 heterocycles. The highest BCUT2D eigenvalue weighted by molar-refractivity contribution is 7.99. The topological polar surface area (TPSA) is 95.9 Å². The Balaban J connectivity index is 0.00000220. The van der Waals surface area contributed by atoms with Crippen LogP contribution >= 0.6 is 24.2 Å². The number of fused-ring (bicyclic) bond motifs is 2. The van der Waals surface area contributed by atoms with Crippen LogP contribution in [-0.4, -0.2) is 63.1 Å². The number of allylic oxidation sites excluding steroid dienone is 1. The van der Waals surface area contributed by atoms with Crippen molar-refractivity contribution >= 4 is 24.2 Å². The lowest BCUT2D eigenvalue weighted by Gasteiger charge is -2.43. The average Bonchev–Trinajstić information content (AvgIpc) is 2.44. The van der Waals surface area contributed by atoms with Crippen molar-refractivity contribution < 1.29 is 24.4 Å². The summed E-state index contributed by atoms with van der Waals surface area (Å²) >= 11 is 1.10. The van der Waals surface area contributed by atoms with Gasteiger partial charge in [-0.3, -0.25) is 0 Å². The number of halogens is 2. The Kier molecular flexibility index (Phi) is 7.39. The highest BCUT2D eigenvalue weighted by atomic mass is 35.5. The molecule has 2 aliphatic heterocycles. The van der Waals surface area contributed by atoms with Crippen molar-refractivity contribution in [1.29, 1.82) is 0 Å². The van der Waals surface area contributed by atoms with Gasteiger partial charge in [0, 0.05) is 11.8 Å². The van der Waals surface area contributed by atoms with Crippen molar-refractivity contribution in [3.8, 4) is 0 Å². The second kappa shape index (κ2) is 8.10. The second-order valence-corrected chi connectivity index (χ2v) is 6.60. The minimum atomic E-state index is -1.34. The van der Waals surface area contributed by atoms with E-state index < -0.39 is 42.1 Å². The van der Waals surface area contributed by atoms with Crippen molar-refractivity contribution in [3.63, 3.8) is 0 Å². The Labute approximate surface area is 134 Å². The standard InChI is InChI=1S/C13H22FNO4S.ClH/c1-6-3-2-4-7(14)5-20-13-11(18)9(16)10(17)12(19-13)8(6)15;/h2-3,6-13,16-18H,4-5,15H2,1H3;1H/b3-2-;/t6-,7-,8-,9+,10-,11-,12-,13-;/m1./s1. The minimum absolute atomic E-state index is 0. The fourth-order valence-corrected chi connectivity index (χ4v) is 3.56. The van der Waals surface area contributed by atoms with Crippen LogP contribution in [0.1, 0.15) is 13.3 Å². The van der Waals surface area contributed by atoms with E-state index in [2.05, 4.69) is 0 Å². The summed E-state index contributed by atoms with van der Waals surface area (Å²) < 4.78 is 19.3. The molecule has 5 nitrogen and oxygen atoms in total. The molecule has 0 aliphatic carbocycles. The molecular formula is C13H23ClFNO4S. The van der Waals surface area contributed by atoms with Gasteiger partial charge in [-0.25, -0.2) is 4.39 Å². The van der Waals surface area contributed by atoms with E-state index in [4.69, 9.17) is 10.5 Å². The molecule has 1 fully saturated rings. The number of rotatable bonds is 0. The van der Waals surface area contributed by atoms with Crippen molar-refractivity contribution in [2.75, 3.05) is 5.75 Å². The van der Waals surface area contributed by atoms with Gasteiger partial charge in [0.25, 0.3) is 0 Å². The molecule has 0 aromatic rings. The summed E-state index contributed by atoms with van der Waals surface area (Å²) in [5, 5.41) is 29.8. The number of aliphatic hydroxyl groups is 3. The van der Waals surface area contributed by atoms with Gasteiger partial charge < -0.3 is 25.8 Å². The molecule has 0 unspecified atom stereocenters. The summed E-state index contributed by atoms with van der Waals surface area (Å²) in [5.74, 6) is 0.0265. The molecule has 0 aromatic heterocycles. The number of hydrogen-bond acceptors (Lipinski definition) is 6. The summed E-state index contributed by atoms with van der Waals surface area (Å²) in [6.07, 6.45) is -1.86. The predicted molar refractivity (Wildman–Crippen MR) is 82.2 cm³/mol. The highest BCUT2D eigenvalue weighted by Crippen LogP contribution is 2.32. The molecule has 0 aromatic carbocycles. The van der Waals surface area contributed by atoms with Gasteiger partial charge in [0.2, 0.25) is 0 Å². The van der Waals surface area contributed by atoms with Crippen LogP contribution in [0.25, 0.3) is 0 Å². The van der Waals surface area contributed by atoms with Crippen LogP contribution in [-0.2, 0) is 4.74 Å². The van der Waals surface area contributed by atoms with Crippen LogP contribution in [0.4, 0.5) is 4.39 Å². The lowest BCUT2D eigenvalue weighted by molar-refractivity contribution is -0.204. The third-order valence-electron chi connectivity index (χ3n) is 3.87. The Morgan fingerprint density at radius 1 is 1.24 bits per heavy atom. The van der Waals surface area contributed by atoms with E-state index in [0.717, 1.165) is 11.8 Å². The predicted octanol–water partition coefficient (Wildman–Crippen LogP) is 0.210. The van der Waals surface area contributed by atoms with Gasteiger partial charge in [-0.1, -0.05) is 19.1 Å². The summed E-state index contributed by atoms with van der Waals surface area (Å²) in [6.45, 7) is 1.85. The maximum atomic E-state index is 13.7. The van der Waals surface area contributed by atoms with E-state index in [-0.39, 0.29) is 30.5 Å². The van der Waals surface area contributed by atoms with Crippen molar-refractivity contribution in [2.24, 2.45) is 11.7 Å². The van der Waals surface area contributed by atoms with E-state index >= 15 is 0 Å². The zero-order valence-corrected chi connectivity index (χ0v) is 13.3. The van der Waals surface area contributed by atoms with Gasteiger partial charge in [-0.15, -0.1) is 24.2 Å². The van der Waals surface area contributed by atoms with Crippen molar-refractivity contribution in [3.05, 3.63) is 12.2 Å². The number of alkyl halides is 1. The minimum Gasteiger partial charge on any atom is -0.388 e. The van der Waals surface area contributed by atoms with Crippen LogP contribution in [0.5, 0.6) is 0 Å². The molecule has 5 N–H and O–H groups in total. The quantitative estimate of drug-likeness (QED) is 0.470. The molecule has 0 spiro atoms. The summed E-state index contributed by atoms with van der Waals surface area (Å²) in [7, 11) is 0. The molecule has 8 atom stereocenters. The average molecular weight is 344 g/mol. The van der Waals surface area contributed by atoms with Crippen LogP contribution in [0.3, 0.4) is 0 Å². The number of ether oxygens (including phenoxy) is 1. The van der Waals surface area contributed by atoms with Gasteiger partial charge >= 0.3 is 0 Å². The van der Waals surface area contributed by atoms with Crippen LogP contribution in [0, 0.1) is 5.92 Å². The first kappa shape index (κ1) is 19.2. The van der Waals surface area contributed by atoms with E-state index in [1.54, 1.807) is 12.2 Å². The summed E-state index contributed by atoms with van der Waals surface area (Å²) in [5.41, 5.74) is 5.29. The number of thioether (sulfide) groups is 1. The second-order valence-electron chi connectivity index (χ2n) is 5.47. The molecule has 124 valence electrons. The maximum Gasteiger partial charge on any atom is 0.132 e. The number of nitrogens with two attached hydrogens (primary N) is 1. The Hall–Kier alpha value is 0.110. The largest absolute Gasteiger partial charge is 0.388 e. The molecule has 8 heteroatoms. The van der Waals surface area contributed by atoms with Gasteiger partial charge in [0.15, 0.2) is 0 Å². The van der Waals surface area contributed by atoms with E-state index in [0.29, 0.717) is 0 Å². The van der Waals surface area contributed by atoms with E-state index in [1.807, 2.05) is 6.92 Å². The van der Waals surface area contributed by atoms with Crippen molar-refractivity contribution in [2.45, 2.75) is 55.4 Å². The first-order chi connectivity index (χ1) is 9.41. The first-order valence-corrected chi connectivity index (χ1v) is 7.84. The third kappa shape index (κ3) is 4.31.